The highest BCUT2D eigenvalue weighted by molar-refractivity contribution is 7.19. The highest BCUT2D eigenvalue weighted by Crippen LogP contribution is 2.58. The van der Waals surface area contributed by atoms with Gasteiger partial charge in [-0.2, -0.15) is 13.2 Å². The van der Waals surface area contributed by atoms with Crippen molar-refractivity contribution in [2.75, 3.05) is 18.0 Å². The average Bonchev–Trinajstić information content (AvgIpc) is 3.42. The molecule has 1 saturated heterocycles. The molecular formula is C32H31F3N6O3S. The zero-order valence-corrected chi connectivity index (χ0v) is 25.1. The van der Waals surface area contributed by atoms with E-state index in [1.807, 2.05) is 18.2 Å². The van der Waals surface area contributed by atoms with Crippen molar-refractivity contribution in [3.05, 3.63) is 79.6 Å². The van der Waals surface area contributed by atoms with Gasteiger partial charge in [0.1, 0.15) is 6.54 Å². The Morgan fingerprint density at radius 1 is 1.16 bits per heavy atom. The first-order chi connectivity index (χ1) is 21.5. The summed E-state index contributed by atoms with van der Waals surface area (Å²) in [5.41, 5.74) is 9.46. The lowest BCUT2D eigenvalue weighted by atomic mass is 9.75. The molecule has 234 valence electrons. The van der Waals surface area contributed by atoms with Gasteiger partial charge in [-0.1, -0.05) is 0 Å². The van der Waals surface area contributed by atoms with Crippen LogP contribution in [0.2, 0.25) is 0 Å². The Balaban J connectivity index is 1.23. The fraction of sp³-hybridized carbons (Fsp3) is 0.438. The van der Waals surface area contributed by atoms with E-state index in [4.69, 9.17) is 5.73 Å². The fourth-order valence-corrected chi connectivity index (χ4v) is 8.83. The van der Waals surface area contributed by atoms with Crippen LogP contribution in [0.4, 0.5) is 18.9 Å². The summed E-state index contributed by atoms with van der Waals surface area (Å²) in [6.45, 7) is 0.179. The highest BCUT2D eigenvalue weighted by Gasteiger charge is 2.51. The van der Waals surface area contributed by atoms with Gasteiger partial charge in [0.05, 0.1) is 16.8 Å². The van der Waals surface area contributed by atoms with Gasteiger partial charge in [-0.05, 0) is 73.8 Å². The Hall–Kier alpha value is -3.97. The molecule has 3 N–H and O–H groups in total. The third kappa shape index (κ3) is 4.87. The molecule has 2 aliphatic carbocycles. The summed E-state index contributed by atoms with van der Waals surface area (Å²) in [7, 11) is 0. The molecule has 45 heavy (non-hydrogen) atoms. The maximum absolute atomic E-state index is 13.0. The number of carbonyl (C=O) groups is 1. The third-order valence-electron chi connectivity index (χ3n) is 10.1. The van der Waals surface area contributed by atoms with Gasteiger partial charge in [0, 0.05) is 70.4 Å². The number of aromatic nitrogens is 3. The van der Waals surface area contributed by atoms with E-state index >= 15 is 0 Å². The van der Waals surface area contributed by atoms with Gasteiger partial charge in [0.15, 0.2) is 0 Å². The van der Waals surface area contributed by atoms with Crippen molar-refractivity contribution in [2.24, 2.45) is 11.7 Å². The minimum absolute atomic E-state index is 0.192. The summed E-state index contributed by atoms with van der Waals surface area (Å²) in [6.07, 6.45) is 3.73. The molecule has 1 aromatic carbocycles. The van der Waals surface area contributed by atoms with Crippen molar-refractivity contribution in [1.29, 1.82) is 0 Å². The number of pyridine rings is 1. The van der Waals surface area contributed by atoms with Gasteiger partial charge in [0.2, 0.25) is 5.91 Å². The van der Waals surface area contributed by atoms with Gasteiger partial charge >= 0.3 is 11.9 Å². The second kappa shape index (κ2) is 10.0. The lowest BCUT2D eigenvalue weighted by Crippen LogP contribution is -2.46. The number of nitrogens with two attached hydrogens (primary N) is 1. The third-order valence-corrected chi connectivity index (χ3v) is 11.3. The van der Waals surface area contributed by atoms with Gasteiger partial charge in [0.25, 0.3) is 5.56 Å². The molecule has 0 unspecified atom stereocenters. The number of amides is 1. The Kier molecular flexibility index (Phi) is 6.34. The molecule has 3 atom stereocenters. The average molecular weight is 637 g/mol. The van der Waals surface area contributed by atoms with Crippen molar-refractivity contribution in [3.63, 3.8) is 0 Å². The maximum Gasteiger partial charge on any atom is 0.406 e. The number of thiophene rings is 1. The predicted molar refractivity (Wildman–Crippen MR) is 165 cm³/mol. The minimum Gasteiger partial charge on any atom is -0.366 e. The maximum atomic E-state index is 13.0. The molecule has 1 spiro atoms. The lowest BCUT2D eigenvalue weighted by Gasteiger charge is -2.41. The smallest absolute Gasteiger partial charge is 0.366 e. The van der Waals surface area contributed by atoms with Gasteiger partial charge < -0.3 is 16.0 Å². The lowest BCUT2D eigenvalue weighted by molar-refractivity contribution is -0.141. The van der Waals surface area contributed by atoms with Crippen molar-refractivity contribution < 1.29 is 18.0 Å². The van der Waals surface area contributed by atoms with Crippen molar-refractivity contribution >= 4 is 33.1 Å². The first-order valence-corrected chi connectivity index (χ1v) is 16.0. The van der Waals surface area contributed by atoms with Crippen LogP contribution in [0.5, 0.6) is 0 Å². The van der Waals surface area contributed by atoms with E-state index in [2.05, 4.69) is 15.2 Å². The van der Waals surface area contributed by atoms with Crippen molar-refractivity contribution in [2.45, 2.75) is 68.9 Å². The van der Waals surface area contributed by atoms with E-state index in [-0.39, 0.29) is 12.1 Å². The molecule has 3 fully saturated rings. The van der Waals surface area contributed by atoms with Crippen LogP contribution in [0.1, 0.15) is 58.8 Å². The molecule has 2 aliphatic heterocycles. The monoisotopic (exact) mass is 636 g/mol. The summed E-state index contributed by atoms with van der Waals surface area (Å²) in [4.78, 5) is 45.7. The minimum atomic E-state index is -4.61. The van der Waals surface area contributed by atoms with E-state index in [1.54, 1.807) is 12.3 Å². The number of carbonyl (C=O) groups excluding carboxylic acids is 1. The highest BCUT2D eigenvalue weighted by atomic mass is 32.1. The molecule has 1 amide bonds. The predicted octanol–water partition coefficient (Wildman–Crippen LogP) is 4.20. The molecule has 4 aromatic rings. The van der Waals surface area contributed by atoms with Crippen LogP contribution in [0.25, 0.3) is 21.3 Å². The number of hydrogen-bond donors (Lipinski definition) is 2. The van der Waals surface area contributed by atoms with E-state index < -0.39 is 29.9 Å². The number of nitrogens with zero attached hydrogens (tertiary/aromatic N) is 4. The summed E-state index contributed by atoms with van der Waals surface area (Å²) < 4.78 is 41.2. The number of halogens is 3. The van der Waals surface area contributed by atoms with E-state index in [1.165, 1.54) is 30.6 Å². The van der Waals surface area contributed by atoms with E-state index in [0.717, 1.165) is 69.8 Å². The van der Waals surface area contributed by atoms with Crippen molar-refractivity contribution in [1.82, 2.24) is 19.4 Å². The summed E-state index contributed by atoms with van der Waals surface area (Å²) in [5.74, 6) is 0.421. The molecule has 4 aliphatic rings. The largest absolute Gasteiger partial charge is 0.406 e. The van der Waals surface area contributed by atoms with Crippen LogP contribution in [-0.2, 0) is 13.1 Å². The molecule has 3 aromatic heterocycles. The summed E-state index contributed by atoms with van der Waals surface area (Å²) in [6, 6.07) is 8.79. The van der Waals surface area contributed by atoms with Crippen LogP contribution in [0, 0.1) is 5.92 Å². The first kappa shape index (κ1) is 28.5. The number of primary amides is 1. The van der Waals surface area contributed by atoms with Crippen LogP contribution in [0.3, 0.4) is 0 Å². The Labute approximate surface area is 259 Å². The number of rotatable bonds is 6. The topological polar surface area (TPSA) is 115 Å². The Morgan fingerprint density at radius 3 is 2.69 bits per heavy atom. The number of benzene rings is 1. The zero-order valence-electron chi connectivity index (χ0n) is 24.3. The number of nitrogens with one attached hydrogen (secondary N) is 1. The second-order valence-electron chi connectivity index (χ2n) is 13.0. The number of alkyl halides is 3. The van der Waals surface area contributed by atoms with Gasteiger partial charge in [-0.15, -0.1) is 11.3 Å². The Bertz CT molecular complexity index is 1990. The second-order valence-corrected chi connectivity index (χ2v) is 14.1. The van der Waals surface area contributed by atoms with E-state index in [0.29, 0.717) is 38.4 Å². The molecule has 2 saturated carbocycles. The van der Waals surface area contributed by atoms with Gasteiger partial charge in [-0.25, -0.2) is 4.79 Å². The summed E-state index contributed by atoms with van der Waals surface area (Å²) in [5, 5.41) is 3.81. The SMILES string of the molecule is NC(=O)c1cc(-c2ccnc3cc(Cn4c(=O)ccn(CC(F)(F)F)c4=O)sc23)c2c(c1)[C@@H]1C[C@@H]1CN2[C@@H]1CNC2(CCC2)C1. The number of fused-ring (bicyclic) bond motifs is 4. The van der Waals surface area contributed by atoms with Crippen LogP contribution >= 0.6 is 11.3 Å². The molecule has 0 bridgehead atoms. The molecular weight excluding hydrogens is 605 g/mol. The number of hydrogen-bond acceptors (Lipinski definition) is 7. The van der Waals surface area contributed by atoms with Crippen LogP contribution in [0.15, 0.2) is 52.3 Å². The first-order valence-electron chi connectivity index (χ1n) is 15.2. The molecule has 8 rings (SSSR count). The normalized spacial score (nSPS) is 23.2. The van der Waals surface area contributed by atoms with Crippen LogP contribution in [-0.4, -0.2) is 50.9 Å². The quantitative estimate of drug-likeness (QED) is 0.328. The molecule has 13 heteroatoms. The molecule has 9 nitrogen and oxygen atoms in total. The molecule has 0 radical (unpaired) electrons. The number of anilines is 1. The Morgan fingerprint density at radius 2 is 1.98 bits per heavy atom. The van der Waals surface area contributed by atoms with E-state index in [9.17, 15) is 27.6 Å². The van der Waals surface area contributed by atoms with Crippen LogP contribution < -0.4 is 27.2 Å². The van der Waals surface area contributed by atoms with Gasteiger partial charge in [-0.3, -0.25) is 23.7 Å². The fourth-order valence-electron chi connectivity index (χ4n) is 7.70. The molecule has 5 heterocycles. The van der Waals surface area contributed by atoms with Crippen molar-refractivity contribution in [3.8, 4) is 11.1 Å². The standard InChI is InChI=1S/C32H31F3N6O3S/c33-32(34,35)16-39-7-3-26(42)41(30(39)44)15-20-11-25-28(45-20)21(2-6-37-25)23-8-17(29(36)43)9-24-22-10-18(22)14-40(27(23)24)19-12-31(38-13-19)4-1-5-31/h2-3,6-9,11,18-19,22,38H,1,4-5,10,12-16H2,(H2,36,43)/t18-,19+,22-/m1/s1. The summed E-state index contributed by atoms with van der Waals surface area (Å²) >= 11 is 1.33. The zero-order chi connectivity index (χ0) is 31.2.